The number of methoxy groups -OCH3 is 1. The van der Waals surface area contributed by atoms with Crippen molar-refractivity contribution in [2.75, 3.05) is 7.11 Å². The summed E-state index contributed by atoms with van der Waals surface area (Å²) in [6.45, 7) is 3.70. The van der Waals surface area contributed by atoms with Crippen molar-refractivity contribution < 1.29 is 14.6 Å². The van der Waals surface area contributed by atoms with E-state index < -0.39 is 11.6 Å². The van der Waals surface area contributed by atoms with Crippen LogP contribution in [0.5, 0.6) is 0 Å². The molecule has 1 aromatic heterocycles. The van der Waals surface area contributed by atoms with Gasteiger partial charge in [0.2, 0.25) is 0 Å². The molecule has 5 nitrogen and oxygen atoms in total. The van der Waals surface area contributed by atoms with Gasteiger partial charge in [-0.05, 0) is 26.7 Å². The lowest BCUT2D eigenvalue weighted by molar-refractivity contribution is -0.136. The number of hydrogen-bond acceptors (Lipinski definition) is 4. The van der Waals surface area contributed by atoms with Crippen LogP contribution in [0.1, 0.15) is 54.9 Å². The van der Waals surface area contributed by atoms with E-state index in [9.17, 15) is 4.79 Å². The van der Waals surface area contributed by atoms with Crippen molar-refractivity contribution in [1.29, 1.82) is 0 Å². The van der Waals surface area contributed by atoms with Crippen LogP contribution in [0.15, 0.2) is 0 Å². The van der Waals surface area contributed by atoms with Crippen molar-refractivity contribution >= 4 is 5.97 Å². The molecule has 1 heterocycles. The van der Waals surface area contributed by atoms with E-state index in [1.165, 1.54) is 6.42 Å². The third-order valence-electron chi connectivity index (χ3n) is 4.21. The van der Waals surface area contributed by atoms with Gasteiger partial charge in [-0.2, -0.15) is 0 Å². The molecule has 1 aliphatic rings. The van der Waals surface area contributed by atoms with E-state index in [1.54, 1.807) is 7.11 Å². The van der Waals surface area contributed by atoms with Gasteiger partial charge in [0.15, 0.2) is 5.82 Å². The van der Waals surface area contributed by atoms with Crippen LogP contribution < -0.4 is 0 Å². The molecule has 0 unspecified atom stereocenters. The fourth-order valence-corrected chi connectivity index (χ4v) is 2.99. The molecule has 1 N–H and O–H groups in total. The first-order valence-electron chi connectivity index (χ1n) is 7.10. The Balaban J connectivity index is 2.40. The van der Waals surface area contributed by atoms with Crippen LogP contribution in [0.25, 0.3) is 0 Å². The van der Waals surface area contributed by atoms with Gasteiger partial charge in [-0.15, -0.1) is 0 Å². The second-order valence-corrected chi connectivity index (χ2v) is 5.53. The number of carbonyl (C=O) groups is 1. The van der Waals surface area contributed by atoms with Gasteiger partial charge in [-0.1, -0.05) is 19.3 Å². The fourth-order valence-electron chi connectivity index (χ4n) is 2.99. The summed E-state index contributed by atoms with van der Waals surface area (Å²) in [5.41, 5.74) is 1.81. The molecule has 0 aliphatic heterocycles. The van der Waals surface area contributed by atoms with E-state index >= 15 is 0 Å². The van der Waals surface area contributed by atoms with Crippen molar-refractivity contribution in [2.45, 2.75) is 58.0 Å². The minimum Gasteiger partial charge on any atom is -0.481 e. The molecule has 1 aromatic rings. The van der Waals surface area contributed by atoms with Crippen LogP contribution in [-0.4, -0.2) is 28.2 Å². The Hall–Kier alpha value is -1.49. The molecular weight excluding hydrogens is 256 g/mol. The van der Waals surface area contributed by atoms with Crippen LogP contribution in [0, 0.1) is 13.8 Å². The van der Waals surface area contributed by atoms with Gasteiger partial charge in [0, 0.05) is 24.1 Å². The van der Waals surface area contributed by atoms with Crippen LogP contribution >= 0.6 is 0 Å². The van der Waals surface area contributed by atoms with E-state index in [-0.39, 0.29) is 6.42 Å². The number of aromatic nitrogens is 2. The van der Waals surface area contributed by atoms with Crippen molar-refractivity contribution in [3.05, 3.63) is 22.8 Å². The quantitative estimate of drug-likeness (QED) is 0.916. The SMILES string of the molecule is COC1(c2nc(C)c(CC(=O)O)c(C)n2)CCCCC1. The molecule has 0 radical (unpaired) electrons. The largest absolute Gasteiger partial charge is 0.481 e. The molecule has 110 valence electrons. The molecule has 1 aliphatic carbocycles. The maximum atomic E-state index is 10.9. The number of aryl methyl sites for hydroxylation is 2. The van der Waals surface area contributed by atoms with E-state index in [1.807, 2.05) is 13.8 Å². The average molecular weight is 278 g/mol. The standard InChI is InChI=1S/C15H22N2O3/c1-10-12(9-13(18)19)11(2)17-14(16-10)15(20-3)7-5-4-6-8-15/h4-9H2,1-3H3,(H,18,19). The lowest BCUT2D eigenvalue weighted by atomic mass is 9.83. The van der Waals surface area contributed by atoms with Crippen molar-refractivity contribution in [3.63, 3.8) is 0 Å². The summed E-state index contributed by atoms with van der Waals surface area (Å²) in [5, 5.41) is 8.95. The molecule has 0 atom stereocenters. The highest BCUT2D eigenvalue weighted by Crippen LogP contribution is 2.38. The van der Waals surface area contributed by atoms with Gasteiger partial charge in [-0.3, -0.25) is 4.79 Å². The minimum absolute atomic E-state index is 0.0298. The highest BCUT2D eigenvalue weighted by Gasteiger charge is 2.37. The molecule has 0 spiro atoms. The van der Waals surface area contributed by atoms with Crippen LogP contribution in [0.3, 0.4) is 0 Å². The Morgan fingerprint density at radius 1 is 1.20 bits per heavy atom. The molecule has 0 bridgehead atoms. The number of carboxylic acid groups (broad SMARTS) is 1. The maximum absolute atomic E-state index is 10.9. The van der Waals surface area contributed by atoms with Gasteiger partial charge >= 0.3 is 5.97 Å². The summed E-state index contributed by atoms with van der Waals surface area (Å²) in [6, 6.07) is 0. The first-order valence-corrected chi connectivity index (χ1v) is 7.10. The normalized spacial score (nSPS) is 17.9. The predicted octanol–water partition coefficient (Wildman–Crippen LogP) is 2.53. The lowest BCUT2D eigenvalue weighted by Gasteiger charge is -2.35. The maximum Gasteiger partial charge on any atom is 0.307 e. The number of carboxylic acids is 1. The number of hydrogen-bond donors (Lipinski definition) is 1. The first-order chi connectivity index (χ1) is 9.48. The summed E-state index contributed by atoms with van der Waals surface area (Å²) in [7, 11) is 1.71. The van der Waals surface area contributed by atoms with E-state index in [2.05, 4.69) is 9.97 Å². The number of aliphatic carboxylic acids is 1. The second kappa shape index (κ2) is 5.87. The lowest BCUT2D eigenvalue weighted by Crippen LogP contribution is -2.34. The van der Waals surface area contributed by atoms with Gasteiger partial charge < -0.3 is 9.84 Å². The van der Waals surface area contributed by atoms with Gasteiger partial charge in [-0.25, -0.2) is 9.97 Å². The summed E-state index contributed by atoms with van der Waals surface area (Å²) >= 11 is 0. The first kappa shape index (κ1) is 14.9. The smallest absolute Gasteiger partial charge is 0.307 e. The highest BCUT2D eigenvalue weighted by atomic mass is 16.5. The molecule has 0 amide bonds. The number of rotatable bonds is 4. The number of ether oxygens (including phenoxy) is 1. The van der Waals surface area contributed by atoms with Gasteiger partial charge in [0.25, 0.3) is 0 Å². The zero-order valence-electron chi connectivity index (χ0n) is 12.4. The Labute approximate surface area is 119 Å². The Morgan fingerprint density at radius 2 is 1.75 bits per heavy atom. The van der Waals surface area contributed by atoms with Crippen LogP contribution in [0.2, 0.25) is 0 Å². The van der Waals surface area contributed by atoms with Gasteiger partial charge in [0.1, 0.15) is 5.60 Å². The molecule has 20 heavy (non-hydrogen) atoms. The van der Waals surface area contributed by atoms with Crippen LogP contribution in [0.4, 0.5) is 0 Å². The zero-order valence-corrected chi connectivity index (χ0v) is 12.4. The molecule has 1 saturated carbocycles. The van der Waals surface area contributed by atoms with Crippen molar-refractivity contribution in [3.8, 4) is 0 Å². The Bertz CT molecular complexity index is 485. The monoisotopic (exact) mass is 278 g/mol. The molecular formula is C15H22N2O3. The fraction of sp³-hybridized carbons (Fsp3) is 0.667. The molecule has 1 fully saturated rings. The topological polar surface area (TPSA) is 72.3 Å². The van der Waals surface area contributed by atoms with Crippen molar-refractivity contribution in [2.24, 2.45) is 0 Å². The van der Waals surface area contributed by atoms with E-state index in [0.29, 0.717) is 11.4 Å². The summed E-state index contributed by atoms with van der Waals surface area (Å²) in [6.07, 6.45) is 5.29. The molecule has 2 rings (SSSR count). The molecule has 0 saturated heterocycles. The minimum atomic E-state index is -0.855. The van der Waals surface area contributed by atoms with Crippen molar-refractivity contribution in [1.82, 2.24) is 9.97 Å². The predicted molar refractivity (Wildman–Crippen MR) is 74.6 cm³/mol. The summed E-state index contributed by atoms with van der Waals surface area (Å²) in [5.74, 6) is -0.143. The van der Waals surface area contributed by atoms with Crippen LogP contribution in [-0.2, 0) is 21.6 Å². The molecule has 5 heteroatoms. The van der Waals surface area contributed by atoms with E-state index in [0.717, 1.165) is 37.1 Å². The third kappa shape index (κ3) is 2.82. The number of nitrogens with zero attached hydrogens (tertiary/aromatic N) is 2. The summed E-state index contributed by atoms with van der Waals surface area (Å²) in [4.78, 5) is 20.0. The highest BCUT2D eigenvalue weighted by molar-refractivity contribution is 5.70. The molecule has 0 aromatic carbocycles. The Kier molecular flexibility index (Phi) is 4.38. The Morgan fingerprint density at radius 3 is 2.20 bits per heavy atom. The van der Waals surface area contributed by atoms with Gasteiger partial charge in [0.05, 0.1) is 6.42 Å². The van der Waals surface area contributed by atoms with E-state index in [4.69, 9.17) is 9.84 Å². The summed E-state index contributed by atoms with van der Waals surface area (Å²) < 4.78 is 5.75. The average Bonchev–Trinajstić information content (AvgIpc) is 2.43. The zero-order chi connectivity index (χ0) is 14.8. The second-order valence-electron chi connectivity index (χ2n) is 5.53. The third-order valence-corrected chi connectivity index (χ3v) is 4.21.